The molecule has 0 bridgehead atoms. The van der Waals surface area contributed by atoms with E-state index in [1.165, 1.54) is 12.1 Å². The highest BCUT2D eigenvalue weighted by Crippen LogP contribution is 2.28. The van der Waals surface area contributed by atoms with Crippen LogP contribution in [-0.4, -0.2) is 40.7 Å². The molecule has 2 aromatic carbocycles. The smallest absolute Gasteiger partial charge is 0.338 e. The summed E-state index contributed by atoms with van der Waals surface area (Å²) in [5, 5.41) is 0. The Hall–Kier alpha value is -4.34. The molecule has 0 amide bonds. The molecule has 0 saturated heterocycles. The number of esters is 1. The molecule has 3 rings (SSSR count). The Kier molecular flexibility index (Phi) is 8.66. The fraction of sp³-hybridized carbons (Fsp3) is 0.308. The lowest BCUT2D eigenvalue weighted by molar-refractivity contribution is 0.0473. The number of anilines is 1. The first-order valence-corrected chi connectivity index (χ1v) is 11.6. The van der Waals surface area contributed by atoms with E-state index in [4.69, 9.17) is 19.9 Å². The molecular weight excluding hydrogens is 466 g/mol. The average Bonchev–Trinajstić information content (AvgIpc) is 2.87. The van der Waals surface area contributed by atoms with Crippen LogP contribution in [0.4, 0.5) is 5.82 Å². The maximum Gasteiger partial charge on any atom is 0.338 e. The number of hydrogen-bond donors (Lipinski definition) is 1. The molecule has 0 atom stereocenters. The third-order valence-electron chi connectivity index (χ3n) is 5.36. The average molecular weight is 496 g/mol. The minimum absolute atomic E-state index is 0.0409. The van der Waals surface area contributed by atoms with Crippen molar-refractivity contribution in [2.75, 3.05) is 25.6 Å². The van der Waals surface area contributed by atoms with Gasteiger partial charge < -0.3 is 19.9 Å². The van der Waals surface area contributed by atoms with Gasteiger partial charge in [-0.05, 0) is 44.5 Å². The third kappa shape index (κ3) is 5.65. The molecule has 0 fully saturated rings. The summed E-state index contributed by atoms with van der Waals surface area (Å²) in [4.78, 5) is 51.4. The molecule has 0 aliphatic rings. The topological polar surface area (TPSA) is 132 Å². The molecule has 0 radical (unpaired) electrons. The van der Waals surface area contributed by atoms with Gasteiger partial charge in [-0.2, -0.15) is 0 Å². The second kappa shape index (κ2) is 11.9. The first-order chi connectivity index (χ1) is 17.3. The first kappa shape index (κ1) is 26.3. The normalized spacial score (nSPS) is 10.6. The molecule has 36 heavy (non-hydrogen) atoms. The Morgan fingerprint density at radius 2 is 1.56 bits per heavy atom. The third-order valence-corrected chi connectivity index (χ3v) is 5.36. The van der Waals surface area contributed by atoms with Crippen LogP contribution in [0.3, 0.4) is 0 Å². The van der Waals surface area contributed by atoms with Crippen LogP contribution in [0.1, 0.15) is 47.1 Å². The summed E-state index contributed by atoms with van der Waals surface area (Å²) >= 11 is 0. The maximum absolute atomic E-state index is 13.0. The number of ether oxygens (including phenoxy) is 3. The Morgan fingerprint density at radius 3 is 2.19 bits per heavy atom. The van der Waals surface area contributed by atoms with Crippen LogP contribution in [0.25, 0.3) is 0 Å². The molecule has 10 nitrogen and oxygen atoms in total. The lowest BCUT2D eigenvalue weighted by Gasteiger charge is -2.16. The van der Waals surface area contributed by atoms with Crippen LogP contribution in [0.2, 0.25) is 0 Å². The lowest BCUT2D eigenvalue weighted by atomic mass is 10.1. The number of nitrogen functional groups attached to an aromatic ring is 1. The van der Waals surface area contributed by atoms with Gasteiger partial charge >= 0.3 is 11.7 Å². The summed E-state index contributed by atoms with van der Waals surface area (Å²) in [6, 6.07) is 13.5. The molecule has 1 aromatic heterocycles. The van der Waals surface area contributed by atoms with Gasteiger partial charge in [0.25, 0.3) is 5.56 Å². The number of benzene rings is 2. The summed E-state index contributed by atoms with van der Waals surface area (Å²) in [6.07, 6.45) is 0. The zero-order valence-electron chi connectivity index (χ0n) is 20.5. The standard InChI is InChI=1S/C26H29N3O7/c1-4-28-24(31)22(23(27)29(26(28)33)15-17-10-8-7-9-11-17)19(30)16-36-25(32)18-12-13-20(34-5-2)21(14-18)35-6-3/h7-14H,4-6,15-16,27H2,1-3H3. The van der Waals surface area contributed by atoms with Crippen molar-refractivity contribution in [3.05, 3.63) is 86.1 Å². The van der Waals surface area contributed by atoms with E-state index in [9.17, 15) is 19.2 Å². The van der Waals surface area contributed by atoms with Crippen LogP contribution in [0.15, 0.2) is 58.1 Å². The number of hydrogen-bond acceptors (Lipinski definition) is 8. The van der Waals surface area contributed by atoms with Gasteiger partial charge in [-0.3, -0.25) is 18.7 Å². The van der Waals surface area contributed by atoms with Gasteiger partial charge in [-0.15, -0.1) is 0 Å². The molecule has 190 valence electrons. The molecule has 0 unspecified atom stereocenters. The van der Waals surface area contributed by atoms with Gasteiger partial charge in [-0.25, -0.2) is 9.59 Å². The van der Waals surface area contributed by atoms with E-state index in [1.54, 1.807) is 44.2 Å². The fourth-order valence-electron chi connectivity index (χ4n) is 3.64. The van der Waals surface area contributed by atoms with Crippen molar-refractivity contribution in [3.8, 4) is 11.5 Å². The predicted molar refractivity (Wildman–Crippen MR) is 134 cm³/mol. The number of aromatic nitrogens is 2. The number of carbonyl (C=O) groups excluding carboxylic acids is 2. The van der Waals surface area contributed by atoms with Crippen molar-refractivity contribution in [2.45, 2.75) is 33.9 Å². The van der Waals surface area contributed by atoms with E-state index in [0.717, 1.165) is 14.7 Å². The second-order valence-corrected chi connectivity index (χ2v) is 7.69. The number of rotatable bonds is 11. The molecular formula is C26H29N3O7. The molecule has 0 aliphatic heterocycles. The highest BCUT2D eigenvalue weighted by Gasteiger charge is 2.24. The SMILES string of the molecule is CCOc1ccc(C(=O)OCC(=O)c2c(N)n(Cc3ccccc3)c(=O)n(CC)c2=O)cc1OCC. The Labute approximate surface area is 207 Å². The second-order valence-electron chi connectivity index (χ2n) is 7.69. The number of ketones is 1. The van der Waals surface area contributed by atoms with Crippen LogP contribution in [-0.2, 0) is 17.8 Å². The van der Waals surface area contributed by atoms with Crippen molar-refractivity contribution in [2.24, 2.45) is 0 Å². The predicted octanol–water partition coefficient (Wildman–Crippen LogP) is 2.50. The summed E-state index contributed by atoms with van der Waals surface area (Å²) in [5.41, 5.74) is 5.18. The van der Waals surface area contributed by atoms with Gasteiger partial charge in [0.1, 0.15) is 11.4 Å². The van der Waals surface area contributed by atoms with E-state index >= 15 is 0 Å². The minimum Gasteiger partial charge on any atom is -0.490 e. The maximum atomic E-state index is 13.0. The minimum atomic E-state index is -0.829. The van der Waals surface area contributed by atoms with Crippen molar-refractivity contribution in [1.29, 1.82) is 0 Å². The van der Waals surface area contributed by atoms with Gasteiger partial charge in [0.15, 0.2) is 18.1 Å². The molecule has 3 aromatic rings. The number of nitrogens with two attached hydrogens (primary N) is 1. The number of nitrogens with zero attached hydrogens (tertiary/aromatic N) is 2. The van der Waals surface area contributed by atoms with Crippen molar-refractivity contribution < 1.29 is 23.8 Å². The van der Waals surface area contributed by atoms with Gasteiger partial charge in [0, 0.05) is 6.54 Å². The van der Waals surface area contributed by atoms with Gasteiger partial charge in [0.05, 0.1) is 25.3 Å². The van der Waals surface area contributed by atoms with Gasteiger partial charge in [0.2, 0.25) is 5.78 Å². The van der Waals surface area contributed by atoms with E-state index < -0.39 is 35.2 Å². The monoisotopic (exact) mass is 495 g/mol. The van der Waals surface area contributed by atoms with Crippen molar-refractivity contribution in [1.82, 2.24) is 9.13 Å². The van der Waals surface area contributed by atoms with E-state index in [0.29, 0.717) is 24.7 Å². The number of carbonyl (C=O) groups is 2. The summed E-state index contributed by atoms with van der Waals surface area (Å²) in [5.74, 6) is -1.05. The lowest BCUT2D eigenvalue weighted by Crippen LogP contribution is -2.44. The van der Waals surface area contributed by atoms with E-state index in [-0.39, 0.29) is 24.5 Å². The van der Waals surface area contributed by atoms with E-state index in [1.807, 2.05) is 13.0 Å². The van der Waals surface area contributed by atoms with Crippen LogP contribution < -0.4 is 26.5 Å². The quantitative estimate of drug-likeness (QED) is 0.317. The zero-order valence-corrected chi connectivity index (χ0v) is 20.5. The molecule has 0 aliphatic carbocycles. The van der Waals surface area contributed by atoms with Crippen molar-refractivity contribution in [3.63, 3.8) is 0 Å². The van der Waals surface area contributed by atoms with E-state index in [2.05, 4.69) is 0 Å². The highest BCUT2D eigenvalue weighted by atomic mass is 16.5. The van der Waals surface area contributed by atoms with Gasteiger partial charge in [-0.1, -0.05) is 30.3 Å². The summed E-state index contributed by atoms with van der Waals surface area (Å²) in [7, 11) is 0. The fourth-order valence-corrected chi connectivity index (χ4v) is 3.64. The zero-order chi connectivity index (χ0) is 26.2. The highest BCUT2D eigenvalue weighted by molar-refractivity contribution is 6.02. The summed E-state index contributed by atoms with van der Waals surface area (Å²) in [6.45, 7) is 5.39. The molecule has 0 spiro atoms. The van der Waals surface area contributed by atoms with Crippen LogP contribution in [0, 0.1) is 0 Å². The van der Waals surface area contributed by atoms with Crippen LogP contribution in [0.5, 0.6) is 11.5 Å². The van der Waals surface area contributed by atoms with Crippen LogP contribution >= 0.6 is 0 Å². The Bertz CT molecular complexity index is 1360. The first-order valence-electron chi connectivity index (χ1n) is 11.6. The van der Waals surface area contributed by atoms with Crippen molar-refractivity contribution >= 4 is 17.6 Å². The number of Topliss-reactive ketones (excluding diaryl/α,β-unsaturated/α-hetero) is 1. The summed E-state index contributed by atoms with van der Waals surface area (Å²) < 4.78 is 18.3. The molecule has 0 saturated carbocycles. The largest absolute Gasteiger partial charge is 0.490 e. The molecule has 10 heteroatoms. The Balaban J connectivity index is 1.87. The molecule has 2 N–H and O–H groups in total. The Morgan fingerprint density at radius 1 is 0.889 bits per heavy atom. The molecule has 1 heterocycles.